The molecule has 0 aromatic heterocycles. The second kappa shape index (κ2) is 11.4. The summed E-state index contributed by atoms with van der Waals surface area (Å²) in [6, 6.07) is 0. The van der Waals surface area contributed by atoms with Crippen molar-refractivity contribution in [2.24, 2.45) is 0 Å². The van der Waals surface area contributed by atoms with Gasteiger partial charge in [0.05, 0.1) is 34.3 Å². The Morgan fingerprint density at radius 1 is 0.526 bits per heavy atom. The van der Waals surface area contributed by atoms with Crippen molar-refractivity contribution in [3.8, 4) is 0 Å². The lowest BCUT2D eigenvalue weighted by Gasteiger charge is -2.42. The minimum Gasteiger partial charge on any atom is -0.790 e. The van der Waals surface area contributed by atoms with Crippen molar-refractivity contribution >= 4 is 7.82 Å². The fourth-order valence-corrected chi connectivity index (χ4v) is 2.39. The zero-order valence-corrected chi connectivity index (χ0v) is 18.5. The zero-order chi connectivity index (χ0) is 30.9. The van der Waals surface area contributed by atoms with Gasteiger partial charge < -0.3 is 28.3 Å². The molecule has 0 N–H and O–H groups in total. The Kier molecular flexibility index (Phi) is 11.0. The van der Waals surface area contributed by atoms with Crippen LogP contribution < -0.4 is 9.79 Å². The van der Waals surface area contributed by atoms with E-state index in [-0.39, 0.29) is 0 Å². The minimum atomic E-state index is -8.49. The molecule has 0 atom stereocenters. The number of alkyl halides is 17. The highest BCUT2D eigenvalue weighted by Gasteiger charge is 2.93. The predicted octanol–water partition coefficient (Wildman–Crippen LogP) is 4.61. The summed E-state index contributed by atoms with van der Waals surface area (Å²) in [6.45, 7) is -5.55. The van der Waals surface area contributed by atoms with E-state index in [1.807, 2.05) is 0 Å². The highest BCUT2D eigenvalue weighted by molar-refractivity contribution is 7.43. The number of hydrogen-bond acceptors (Lipinski definition) is 6. The highest BCUT2D eigenvalue weighted by Crippen LogP contribution is 2.62. The fourth-order valence-electron chi connectivity index (χ4n) is 2.09. The molecule has 0 radical (unpaired) electrons. The van der Waals surface area contributed by atoms with E-state index in [4.69, 9.17) is 0 Å². The van der Waals surface area contributed by atoms with Crippen LogP contribution in [-0.4, -0.2) is 74.2 Å². The van der Waals surface area contributed by atoms with Gasteiger partial charge in [0.25, 0.3) is 0 Å². The number of rotatable bonds is 16. The Morgan fingerprint density at radius 3 is 1.34 bits per heavy atom. The van der Waals surface area contributed by atoms with Crippen LogP contribution in [0.25, 0.3) is 0 Å². The summed E-state index contributed by atoms with van der Waals surface area (Å²) < 4.78 is 245. The highest BCUT2D eigenvalue weighted by atomic mass is 31.2. The molecule has 0 fully saturated rings. The Balaban J connectivity index is 5.80. The van der Waals surface area contributed by atoms with Crippen LogP contribution in [0, 0.1) is 0 Å². The van der Waals surface area contributed by atoms with Crippen LogP contribution in [-0.2, 0) is 18.6 Å². The zero-order valence-electron chi connectivity index (χ0n) is 17.6. The molecule has 0 aromatic rings. The van der Waals surface area contributed by atoms with Gasteiger partial charge in [-0.3, -0.25) is 0 Å². The molecule has 0 rings (SSSR count). The first-order valence-electron chi connectivity index (χ1n) is 9.01. The third kappa shape index (κ3) is 7.73. The van der Waals surface area contributed by atoms with Crippen LogP contribution >= 0.6 is 7.82 Å². The van der Waals surface area contributed by atoms with E-state index in [2.05, 4.69) is 14.0 Å². The molecule has 38 heavy (non-hydrogen) atoms. The molecular formula is C14H12F17O6P-2. The van der Waals surface area contributed by atoms with Gasteiger partial charge in [0.15, 0.2) is 0 Å². The molecule has 6 nitrogen and oxygen atoms in total. The lowest BCUT2D eigenvalue weighted by atomic mass is 9.89. The van der Waals surface area contributed by atoms with Crippen molar-refractivity contribution in [2.75, 3.05) is 26.4 Å². The smallest absolute Gasteiger partial charge is 0.426 e. The van der Waals surface area contributed by atoms with Gasteiger partial charge >= 0.3 is 47.8 Å². The molecule has 0 heterocycles. The summed E-state index contributed by atoms with van der Waals surface area (Å²) in [4.78, 5) is 20.1. The third-order valence-corrected chi connectivity index (χ3v) is 4.61. The van der Waals surface area contributed by atoms with Gasteiger partial charge in [-0.05, 0) is 0 Å². The van der Waals surface area contributed by atoms with Gasteiger partial charge in [0.1, 0.15) is 0 Å². The molecule has 0 saturated carbocycles. The predicted molar refractivity (Wildman–Crippen MR) is 80.2 cm³/mol. The van der Waals surface area contributed by atoms with Gasteiger partial charge in [-0.1, -0.05) is 0 Å². The molecule has 0 bridgehead atoms. The number of phosphoric acid groups is 1. The molecule has 0 aliphatic rings. The standard InChI is InChI=1S/C14H14F17O6P/c15-7(16,1-2-8(17,18)19)9(20,21)10(22,23)11(24,25)12(26,27)13(28,29)14(30,31)36-5-3-35-4-6-37-38(32,33)34/h1-6H2,(H2,32,33,34)/p-2. The maximum atomic E-state index is 13.6. The Hall–Kier alpha value is -1.16. The van der Waals surface area contributed by atoms with E-state index in [9.17, 15) is 89.0 Å². The maximum absolute atomic E-state index is 13.6. The summed E-state index contributed by atoms with van der Waals surface area (Å²) in [5, 5.41) is 0. The van der Waals surface area contributed by atoms with E-state index in [0.717, 1.165) is 0 Å². The monoisotopic (exact) mass is 630 g/mol. The van der Waals surface area contributed by atoms with E-state index >= 15 is 0 Å². The largest absolute Gasteiger partial charge is 0.790 e. The molecule has 0 aliphatic carbocycles. The Morgan fingerprint density at radius 2 is 0.921 bits per heavy atom. The molecule has 230 valence electrons. The van der Waals surface area contributed by atoms with E-state index in [0.29, 0.717) is 0 Å². The van der Waals surface area contributed by atoms with Crippen LogP contribution in [0.5, 0.6) is 0 Å². The first-order chi connectivity index (χ1) is 16.4. The summed E-state index contributed by atoms with van der Waals surface area (Å²) in [5.74, 6) is -47.9. The number of phosphoric ester groups is 1. The van der Waals surface area contributed by atoms with Crippen molar-refractivity contribution in [1.82, 2.24) is 0 Å². The van der Waals surface area contributed by atoms with Crippen molar-refractivity contribution in [3.05, 3.63) is 0 Å². The minimum absolute atomic E-state index is 1.00. The van der Waals surface area contributed by atoms with Crippen LogP contribution in [0.3, 0.4) is 0 Å². The quantitative estimate of drug-likeness (QED) is 0.141. The molecule has 0 aliphatic heterocycles. The molecule has 0 unspecified atom stereocenters. The number of ether oxygens (including phenoxy) is 2. The lowest BCUT2D eigenvalue weighted by Crippen LogP contribution is -2.73. The first-order valence-corrected chi connectivity index (χ1v) is 10.5. The molecular weight excluding hydrogens is 618 g/mol. The Labute approximate surface area is 199 Å². The Bertz CT molecular complexity index is 824. The van der Waals surface area contributed by atoms with Gasteiger partial charge in [-0.2, -0.15) is 74.6 Å². The fraction of sp³-hybridized carbons (Fsp3) is 1.00. The van der Waals surface area contributed by atoms with Crippen LogP contribution in [0.15, 0.2) is 0 Å². The second-order valence-corrected chi connectivity index (χ2v) is 8.10. The lowest BCUT2D eigenvalue weighted by molar-refractivity contribution is -0.466. The maximum Gasteiger partial charge on any atom is 0.426 e. The van der Waals surface area contributed by atoms with Crippen molar-refractivity contribution in [1.29, 1.82) is 0 Å². The van der Waals surface area contributed by atoms with Crippen LogP contribution in [0.2, 0.25) is 0 Å². The topological polar surface area (TPSA) is 90.9 Å². The summed E-state index contributed by atoms with van der Waals surface area (Å²) >= 11 is 0. The van der Waals surface area contributed by atoms with Crippen molar-refractivity contribution < 1.29 is 103 Å². The van der Waals surface area contributed by atoms with Crippen LogP contribution in [0.4, 0.5) is 74.6 Å². The average molecular weight is 630 g/mol. The normalized spacial score (nSPS) is 15.8. The van der Waals surface area contributed by atoms with E-state index < -0.39 is 94.9 Å². The second-order valence-electron chi connectivity index (χ2n) is 6.95. The van der Waals surface area contributed by atoms with E-state index in [1.54, 1.807) is 0 Å². The SMILES string of the molecule is O=P([O-])([O-])OCCOCCOC(F)(F)C(F)(F)C(F)(F)C(F)(F)C(F)(F)C(F)(F)C(F)(F)CCC(F)(F)F. The molecule has 0 spiro atoms. The number of hydrogen-bond donors (Lipinski definition) is 0. The van der Waals surface area contributed by atoms with Crippen LogP contribution in [0.1, 0.15) is 12.8 Å². The average Bonchev–Trinajstić information content (AvgIpc) is 2.69. The molecule has 0 aromatic carbocycles. The first kappa shape index (κ1) is 36.8. The summed E-state index contributed by atoms with van der Waals surface area (Å²) in [5.41, 5.74) is 0. The van der Waals surface area contributed by atoms with Gasteiger partial charge in [-0.15, -0.1) is 0 Å². The van der Waals surface area contributed by atoms with Gasteiger partial charge in [-0.25, -0.2) is 0 Å². The summed E-state index contributed by atoms with van der Waals surface area (Å²) in [6.07, 6.45) is -19.3. The van der Waals surface area contributed by atoms with Gasteiger partial charge in [0, 0.05) is 12.8 Å². The molecule has 0 amide bonds. The van der Waals surface area contributed by atoms with E-state index in [1.165, 1.54) is 0 Å². The van der Waals surface area contributed by atoms with Crippen molar-refractivity contribution in [3.63, 3.8) is 0 Å². The van der Waals surface area contributed by atoms with Crippen molar-refractivity contribution in [2.45, 2.75) is 60.7 Å². The number of halogens is 17. The summed E-state index contributed by atoms with van der Waals surface area (Å²) in [7, 11) is -5.55. The molecule has 24 heteroatoms. The molecule has 0 saturated heterocycles. The third-order valence-electron chi connectivity index (χ3n) is 4.11. The van der Waals surface area contributed by atoms with Gasteiger partial charge in [0.2, 0.25) is 0 Å².